The van der Waals surface area contributed by atoms with Gasteiger partial charge in [-0.2, -0.15) is 5.26 Å². The zero-order valence-corrected chi connectivity index (χ0v) is 19.3. The summed E-state index contributed by atoms with van der Waals surface area (Å²) in [7, 11) is 0. The number of pyridine rings is 2. The van der Waals surface area contributed by atoms with Crippen molar-refractivity contribution in [3.63, 3.8) is 0 Å². The molecule has 0 N–H and O–H groups in total. The number of aryl methyl sites for hydroxylation is 2. The van der Waals surface area contributed by atoms with Gasteiger partial charge in [0.15, 0.2) is 5.65 Å². The summed E-state index contributed by atoms with van der Waals surface area (Å²) >= 11 is 13.0. The molecule has 3 aromatic heterocycles. The van der Waals surface area contributed by atoms with Crippen molar-refractivity contribution >= 4 is 61.7 Å². The molecule has 0 saturated heterocycles. The van der Waals surface area contributed by atoms with Crippen molar-refractivity contribution in [1.82, 2.24) is 14.4 Å². The molecule has 0 unspecified atom stereocenters. The quantitative estimate of drug-likeness (QED) is 0.233. The minimum absolute atomic E-state index is 0.461. The van der Waals surface area contributed by atoms with E-state index < -0.39 is 0 Å². The minimum Gasteiger partial charge on any atom is -0.275 e. The van der Waals surface area contributed by atoms with Crippen LogP contribution in [0.2, 0.25) is 10.0 Å². The summed E-state index contributed by atoms with van der Waals surface area (Å²) in [5.41, 5.74) is 7.38. The number of nitriles is 1. The maximum atomic E-state index is 9.95. The number of nitrogens with zero attached hydrogens (tertiary/aromatic N) is 4. The van der Waals surface area contributed by atoms with Crippen molar-refractivity contribution in [2.24, 2.45) is 0 Å². The number of halogens is 2. The maximum absolute atomic E-state index is 9.95. The van der Waals surface area contributed by atoms with Gasteiger partial charge in [0.2, 0.25) is 0 Å². The molecular formula is C27H16Cl2N4. The Morgan fingerprint density at radius 1 is 0.818 bits per heavy atom. The van der Waals surface area contributed by atoms with Gasteiger partial charge >= 0.3 is 0 Å². The molecule has 33 heavy (non-hydrogen) atoms. The van der Waals surface area contributed by atoms with Gasteiger partial charge in [0.1, 0.15) is 11.7 Å². The van der Waals surface area contributed by atoms with Crippen molar-refractivity contribution in [1.29, 1.82) is 5.26 Å². The molecule has 0 aliphatic rings. The van der Waals surface area contributed by atoms with Crippen molar-refractivity contribution in [2.75, 3.05) is 0 Å². The molecule has 0 amide bonds. The maximum Gasteiger partial charge on any atom is 0.157 e. The molecule has 6 heteroatoms. The third-order valence-corrected chi connectivity index (χ3v) is 7.09. The van der Waals surface area contributed by atoms with Gasteiger partial charge in [-0.05, 0) is 54.6 Å². The molecule has 0 aliphatic heterocycles. The molecule has 0 saturated carbocycles. The standard InChI is InChI=1S/C27H16Cl2N4/c1-14-10-22-23(11-15(14)2)33-26(31-22)16(13-30)12-20-17-6-3-4-7-18(17)25(32-27(20)33)19-8-5-9-21(28)24(19)29/h3-12H,1-2H3. The summed E-state index contributed by atoms with van der Waals surface area (Å²) in [6.07, 6.45) is 0. The summed E-state index contributed by atoms with van der Waals surface area (Å²) in [5, 5.41) is 13.7. The lowest BCUT2D eigenvalue weighted by atomic mass is 10.0. The summed E-state index contributed by atoms with van der Waals surface area (Å²) in [5.74, 6) is 0. The molecule has 158 valence electrons. The first-order valence-electron chi connectivity index (χ1n) is 10.5. The molecule has 0 radical (unpaired) electrons. The number of imidazole rings is 1. The fourth-order valence-corrected chi connectivity index (χ4v) is 4.88. The number of rotatable bonds is 1. The van der Waals surface area contributed by atoms with Crippen LogP contribution in [0.5, 0.6) is 0 Å². The fraction of sp³-hybridized carbons (Fsp3) is 0.0741. The Bertz CT molecular complexity index is 1830. The van der Waals surface area contributed by atoms with Crippen molar-refractivity contribution < 1.29 is 0 Å². The van der Waals surface area contributed by atoms with Crippen molar-refractivity contribution in [3.05, 3.63) is 87.4 Å². The lowest BCUT2D eigenvalue weighted by molar-refractivity contribution is 1.22. The molecule has 6 aromatic rings. The molecule has 0 fully saturated rings. The lowest BCUT2D eigenvalue weighted by Gasteiger charge is -2.13. The van der Waals surface area contributed by atoms with Gasteiger partial charge in [-0.1, -0.05) is 59.6 Å². The van der Waals surface area contributed by atoms with E-state index in [0.717, 1.165) is 55.2 Å². The number of benzene rings is 3. The van der Waals surface area contributed by atoms with E-state index in [1.165, 1.54) is 0 Å². The minimum atomic E-state index is 0.461. The highest BCUT2D eigenvalue weighted by molar-refractivity contribution is 6.44. The van der Waals surface area contributed by atoms with Crippen LogP contribution in [0.4, 0.5) is 0 Å². The normalized spacial score (nSPS) is 11.6. The number of fused-ring (bicyclic) bond motifs is 7. The summed E-state index contributed by atoms with van der Waals surface area (Å²) in [6.45, 7) is 4.14. The van der Waals surface area contributed by atoms with Gasteiger partial charge in [-0.15, -0.1) is 0 Å². The Morgan fingerprint density at radius 3 is 2.36 bits per heavy atom. The topological polar surface area (TPSA) is 54.0 Å². The third-order valence-electron chi connectivity index (χ3n) is 6.27. The van der Waals surface area contributed by atoms with Gasteiger partial charge in [-0.25, -0.2) is 9.97 Å². The van der Waals surface area contributed by atoms with E-state index in [1.807, 2.05) is 46.9 Å². The van der Waals surface area contributed by atoms with Crippen molar-refractivity contribution in [3.8, 4) is 17.3 Å². The Hall–Kier alpha value is -3.65. The molecular weight excluding hydrogens is 451 g/mol. The predicted molar refractivity (Wildman–Crippen MR) is 135 cm³/mol. The molecule has 6 rings (SSSR count). The van der Waals surface area contributed by atoms with E-state index in [4.69, 9.17) is 33.2 Å². The zero-order valence-electron chi connectivity index (χ0n) is 17.8. The molecule has 4 nitrogen and oxygen atoms in total. The smallest absolute Gasteiger partial charge is 0.157 e. The van der Waals surface area contributed by atoms with E-state index in [9.17, 15) is 5.26 Å². The van der Waals surface area contributed by atoms with Crippen LogP contribution in [0.3, 0.4) is 0 Å². The van der Waals surface area contributed by atoms with Gasteiger partial charge in [-0.3, -0.25) is 4.40 Å². The monoisotopic (exact) mass is 466 g/mol. The highest BCUT2D eigenvalue weighted by Gasteiger charge is 2.19. The van der Waals surface area contributed by atoms with Gasteiger partial charge in [0.25, 0.3) is 0 Å². The SMILES string of the molecule is Cc1cc2nc3c(C#N)cc4c5ccccc5c(-c5cccc(Cl)c5Cl)nc4n3c2cc1C. The second-order valence-corrected chi connectivity index (χ2v) is 9.00. The summed E-state index contributed by atoms with van der Waals surface area (Å²) in [4.78, 5) is 9.93. The highest BCUT2D eigenvalue weighted by atomic mass is 35.5. The largest absolute Gasteiger partial charge is 0.275 e. The molecule has 0 bridgehead atoms. The summed E-state index contributed by atoms with van der Waals surface area (Å²) < 4.78 is 1.99. The van der Waals surface area contributed by atoms with Crippen LogP contribution < -0.4 is 0 Å². The predicted octanol–water partition coefficient (Wildman–Crippen LogP) is 7.65. The first kappa shape index (κ1) is 20.0. The Morgan fingerprint density at radius 2 is 1.58 bits per heavy atom. The lowest BCUT2D eigenvalue weighted by Crippen LogP contribution is -1.99. The summed E-state index contributed by atoms with van der Waals surface area (Å²) in [6, 6.07) is 22.0. The molecule has 0 atom stereocenters. The molecule has 0 aliphatic carbocycles. The van der Waals surface area contributed by atoms with Gasteiger partial charge in [0.05, 0.1) is 32.3 Å². The average molecular weight is 467 g/mol. The second-order valence-electron chi connectivity index (χ2n) is 8.21. The molecule has 0 spiro atoms. The Balaban J connectivity index is 1.90. The van der Waals surface area contributed by atoms with Crippen LogP contribution >= 0.6 is 23.2 Å². The molecule has 3 aromatic carbocycles. The van der Waals surface area contributed by atoms with E-state index >= 15 is 0 Å². The highest BCUT2D eigenvalue weighted by Crippen LogP contribution is 2.39. The number of hydrogen-bond donors (Lipinski definition) is 0. The first-order valence-corrected chi connectivity index (χ1v) is 11.2. The Labute approximate surface area is 199 Å². The van der Waals surface area contributed by atoms with E-state index in [1.54, 1.807) is 6.07 Å². The van der Waals surface area contributed by atoms with E-state index in [0.29, 0.717) is 21.3 Å². The van der Waals surface area contributed by atoms with E-state index in [2.05, 4.69) is 32.0 Å². The number of aromatic nitrogens is 3. The third kappa shape index (κ3) is 2.83. The van der Waals surface area contributed by atoms with Crippen LogP contribution in [0.1, 0.15) is 16.7 Å². The van der Waals surface area contributed by atoms with Crippen LogP contribution in [-0.4, -0.2) is 14.4 Å². The van der Waals surface area contributed by atoms with Crippen molar-refractivity contribution in [2.45, 2.75) is 13.8 Å². The van der Waals surface area contributed by atoms with Crippen LogP contribution in [0, 0.1) is 25.2 Å². The average Bonchev–Trinajstić information content (AvgIpc) is 3.18. The first-order chi connectivity index (χ1) is 16.0. The van der Waals surface area contributed by atoms with Gasteiger partial charge in [0, 0.05) is 16.3 Å². The van der Waals surface area contributed by atoms with E-state index in [-0.39, 0.29) is 0 Å². The van der Waals surface area contributed by atoms with Gasteiger partial charge < -0.3 is 0 Å². The Kier molecular flexibility index (Phi) is 4.35. The number of hydrogen-bond acceptors (Lipinski definition) is 3. The molecule has 3 heterocycles. The van der Waals surface area contributed by atoms with Crippen LogP contribution in [0.25, 0.3) is 49.7 Å². The second kappa shape index (κ2) is 7.18. The zero-order chi connectivity index (χ0) is 22.9. The van der Waals surface area contributed by atoms with Crippen LogP contribution in [-0.2, 0) is 0 Å². The fourth-order valence-electron chi connectivity index (χ4n) is 4.49. The van der Waals surface area contributed by atoms with Crippen LogP contribution in [0.15, 0.2) is 60.7 Å².